The third-order valence-electron chi connectivity index (χ3n) is 2.62. The Morgan fingerprint density at radius 1 is 1.44 bits per heavy atom. The lowest BCUT2D eigenvalue weighted by Gasteiger charge is -2.24. The van der Waals surface area contributed by atoms with E-state index in [9.17, 15) is 12.8 Å². The molecule has 7 heteroatoms. The van der Waals surface area contributed by atoms with Crippen LogP contribution < -0.4 is 10.0 Å². The lowest BCUT2D eigenvalue weighted by Crippen LogP contribution is -2.42. The summed E-state index contributed by atoms with van der Waals surface area (Å²) in [6, 6.07) is 5.17. The molecule has 18 heavy (non-hydrogen) atoms. The van der Waals surface area contributed by atoms with Gasteiger partial charge in [0, 0.05) is 7.05 Å². The molecule has 2 N–H and O–H groups in total. The molecule has 0 aromatic heterocycles. The van der Waals surface area contributed by atoms with Crippen molar-refractivity contribution in [1.82, 2.24) is 0 Å². The molecular formula is C11H15FN2O2S2. The minimum Gasteiger partial charge on any atom is -0.392 e. The fourth-order valence-corrected chi connectivity index (χ4v) is 3.59. The first-order valence-electron chi connectivity index (χ1n) is 5.33. The predicted octanol–water partition coefficient (Wildman–Crippen LogP) is 1.66. The number of hydrogen-bond acceptors (Lipinski definition) is 3. The van der Waals surface area contributed by atoms with Crippen molar-refractivity contribution in [3.63, 3.8) is 0 Å². The van der Waals surface area contributed by atoms with Crippen LogP contribution in [0.3, 0.4) is 0 Å². The molecule has 0 bridgehead atoms. The zero-order valence-corrected chi connectivity index (χ0v) is 11.8. The molecular weight excluding hydrogens is 275 g/mol. The summed E-state index contributed by atoms with van der Waals surface area (Å²) in [4.78, 5) is -0.0635. The zero-order chi connectivity index (χ0) is 13.9. The van der Waals surface area contributed by atoms with Gasteiger partial charge in [-0.2, -0.15) is 0 Å². The van der Waals surface area contributed by atoms with Crippen LogP contribution >= 0.6 is 12.2 Å². The number of nitrogens with two attached hydrogens (primary N) is 1. The molecule has 4 nitrogen and oxygen atoms in total. The van der Waals surface area contributed by atoms with Gasteiger partial charge in [0.2, 0.25) is 10.0 Å². The largest absolute Gasteiger partial charge is 0.392 e. The van der Waals surface area contributed by atoms with Gasteiger partial charge < -0.3 is 5.73 Å². The second-order valence-corrected chi connectivity index (χ2v) is 6.41. The smallest absolute Gasteiger partial charge is 0.244 e. The molecule has 0 aliphatic carbocycles. The molecule has 0 saturated heterocycles. The van der Waals surface area contributed by atoms with E-state index in [-0.39, 0.29) is 4.99 Å². The van der Waals surface area contributed by atoms with E-state index in [0.29, 0.717) is 12.1 Å². The van der Waals surface area contributed by atoms with Gasteiger partial charge in [0.1, 0.15) is 11.1 Å². The molecule has 1 unspecified atom stereocenters. The Labute approximate surface area is 112 Å². The maximum Gasteiger partial charge on any atom is 0.244 e. The van der Waals surface area contributed by atoms with Gasteiger partial charge in [0.05, 0.1) is 10.7 Å². The lowest BCUT2D eigenvalue weighted by atomic mass is 10.3. The van der Waals surface area contributed by atoms with Crippen LogP contribution in [0.2, 0.25) is 0 Å². The summed E-state index contributed by atoms with van der Waals surface area (Å²) in [6.07, 6.45) is 0.295. The third kappa shape index (κ3) is 2.97. The Morgan fingerprint density at radius 3 is 2.33 bits per heavy atom. The summed E-state index contributed by atoms with van der Waals surface area (Å²) >= 11 is 4.77. The van der Waals surface area contributed by atoms with E-state index in [0.717, 1.165) is 4.31 Å². The van der Waals surface area contributed by atoms with Gasteiger partial charge in [0.15, 0.2) is 0 Å². The number of benzene rings is 1. The summed E-state index contributed by atoms with van der Waals surface area (Å²) in [5.41, 5.74) is 5.81. The van der Waals surface area contributed by atoms with Crippen LogP contribution in [0.25, 0.3) is 0 Å². The maximum atomic E-state index is 12.8. The fraction of sp³-hybridized carbons (Fsp3) is 0.364. The quantitative estimate of drug-likeness (QED) is 0.838. The van der Waals surface area contributed by atoms with E-state index < -0.39 is 21.1 Å². The molecule has 0 radical (unpaired) electrons. The number of hydrogen-bond donors (Lipinski definition) is 1. The molecule has 1 aromatic rings. The summed E-state index contributed by atoms with van der Waals surface area (Å²) in [6.45, 7) is 1.69. The van der Waals surface area contributed by atoms with Crippen LogP contribution in [-0.2, 0) is 10.0 Å². The molecule has 0 aliphatic heterocycles. The number of rotatable bonds is 5. The Kier molecular flexibility index (Phi) is 4.64. The molecule has 0 fully saturated rings. The maximum absolute atomic E-state index is 12.8. The first-order chi connectivity index (χ1) is 8.30. The Bertz CT molecular complexity index is 528. The van der Waals surface area contributed by atoms with E-state index in [2.05, 4.69) is 0 Å². The van der Waals surface area contributed by atoms with E-state index in [1.807, 2.05) is 0 Å². The Morgan fingerprint density at radius 2 is 1.94 bits per heavy atom. The molecule has 0 spiro atoms. The summed E-state index contributed by atoms with van der Waals surface area (Å²) in [7, 11) is -2.28. The van der Waals surface area contributed by atoms with Crippen LogP contribution in [0.5, 0.6) is 0 Å². The van der Waals surface area contributed by atoms with Gasteiger partial charge in [0.25, 0.3) is 0 Å². The van der Waals surface area contributed by atoms with Crippen molar-refractivity contribution >= 4 is 32.9 Å². The molecule has 0 amide bonds. The van der Waals surface area contributed by atoms with Crippen molar-refractivity contribution in [3.8, 4) is 0 Å². The second-order valence-electron chi connectivity index (χ2n) is 3.79. The van der Waals surface area contributed by atoms with Crippen molar-refractivity contribution in [3.05, 3.63) is 30.1 Å². The topological polar surface area (TPSA) is 63.4 Å². The van der Waals surface area contributed by atoms with Gasteiger partial charge in [-0.3, -0.25) is 4.31 Å². The molecule has 0 saturated carbocycles. The van der Waals surface area contributed by atoms with Gasteiger partial charge in [-0.1, -0.05) is 19.1 Å². The van der Waals surface area contributed by atoms with Gasteiger partial charge in [-0.25, -0.2) is 12.8 Å². The van der Waals surface area contributed by atoms with Gasteiger partial charge >= 0.3 is 0 Å². The molecule has 100 valence electrons. The highest BCUT2D eigenvalue weighted by molar-refractivity contribution is 7.95. The number of thiocarbonyl (C=S) groups is 1. The van der Waals surface area contributed by atoms with E-state index in [1.54, 1.807) is 6.92 Å². The van der Waals surface area contributed by atoms with Crippen LogP contribution in [0.4, 0.5) is 10.1 Å². The monoisotopic (exact) mass is 290 g/mol. The molecule has 0 aliphatic rings. The number of sulfonamides is 1. The first-order valence-corrected chi connectivity index (χ1v) is 7.24. The van der Waals surface area contributed by atoms with Gasteiger partial charge in [-0.05, 0) is 30.7 Å². The summed E-state index contributed by atoms with van der Waals surface area (Å²) in [5.74, 6) is -0.425. The fourth-order valence-electron chi connectivity index (χ4n) is 1.55. The number of halogens is 1. The minimum absolute atomic E-state index is 0.0635. The highest BCUT2D eigenvalue weighted by atomic mass is 32.2. The van der Waals surface area contributed by atoms with E-state index >= 15 is 0 Å². The molecule has 1 atom stereocenters. The molecule has 1 aromatic carbocycles. The van der Waals surface area contributed by atoms with Crippen LogP contribution in [0, 0.1) is 5.82 Å². The first kappa shape index (κ1) is 14.8. The highest BCUT2D eigenvalue weighted by Gasteiger charge is 2.30. The summed E-state index contributed by atoms with van der Waals surface area (Å²) < 4.78 is 38.4. The number of anilines is 1. The highest BCUT2D eigenvalue weighted by Crippen LogP contribution is 2.20. The molecule has 0 heterocycles. The standard InChI is InChI=1S/C11H15FN2O2S2/c1-3-10(11(13)17)18(15,16)14(2)9-6-4-8(12)5-7-9/h4-7,10H,3H2,1-2H3,(H2,13,17). The van der Waals surface area contributed by atoms with Crippen molar-refractivity contribution in [1.29, 1.82) is 0 Å². The Balaban J connectivity index is 3.12. The SMILES string of the molecule is CCC(C(N)=S)S(=O)(=O)N(C)c1ccc(F)cc1. The van der Waals surface area contributed by atoms with Crippen LogP contribution in [0.1, 0.15) is 13.3 Å². The number of nitrogens with zero attached hydrogens (tertiary/aromatic N) is 1. The average molecular weight is 290 g/mol. The Hall–Kier alpha value is -1.21. The zero-order valence-electron chi connectivity index (χ0n) is 10.1. The van der Waals surface area contributed by atoms with Crippen molar-refractivity contribution in [2.75, 3.05) is 11.4 Å². The van der Waals surface area contributed by atoms with Gasteiger partial charge in [-0.15, -0.1) is 0 Å². The normalized spacial score (nSPS) is 13.1. The van der Waals surface area contributed by atoms with E-state index in [1.165, 1.54) is 31.3 Å². The van der Waals surface area contributed by atoms with Crippen molar-refractivity contribution in [2.45, 2.75) is 18.6 Å². The van der Waals surface area contributed by atoms with Crippen molar-refractivity contribution < 1.29 is 12.8 Å². The molecule has 1 rings (SSSR count). The van der Waals surface area contributed by atoms with Crippen LogP contribution in [0.15, 0.2) is 24.3 Å². The summed E-state index contributed by atoms with van der Waals surface area (Å²) in [5, 5.41) is -0.914. The van der Waals surface area contributed by atoms with Crippen molar-refractivity contribution in [2.24, 2.45) is 5.73 Å². The third-order valence-corrected chi connectivity index (χ3v) is 5.33. The predicted molar refractivity (Wildman–Crippen MR) is 74.6 cm³/mol. The second kappa shape index (κ2) is 5.62. The average Bonchev–Trinajstić information content (AvgIpc) is 2.29. The van der Waals surface area contributed by atoms with Crippen LogP contribution in [-0.4, -0.2) is 25.7 Å². The lowest BCUT2D eigenvalue weighted by molar-refractivity contribution is 0.587. The van der Waals surface area contributed by atoms with E-state index in [4.69, 9.17) is 18.0 Å². The minimum atomic E-state index is -3.67.